The van der Waals surface area contributed by atoms with Gasteiger partial charge in [0.1, 0.15) is 6.04 Å². The minimum absolute atomic E-state index is 0.0151. The Morgan fingerprint density at radius 2 is 1.87 bits per heavy atom. The van der Waals surface area contributed by atoms with Gasteiger partial charge in [-0.1, -0.05) is 26.0 Å². The molecule has 5 heteroatoms. The molecule has 0 fully saturated rings. The molecule has 1 unspecified atom stereocenters. The maximum atomic E-state index is 12.7. The third kappa shape index (κ3) is 4.07. The molecule has 0 aliphatic heterocycles. The smallest absolute Gasteiger partial charge is 0.251 e. The second-order valence-electron chi connectivity index (χ2n) is 6.03. The van der Waals surface area contributed by atoms with Gasteiger partial charge in [0.15, 0.2) is 0 Å². The summed E-state index contributed by atoms with van der Waals surface area (Å²) in [6.07, 6.45) is 1.68. The predicted molar refractivity (Wildman–Crippen MR) is 92.3 cm³/mol. The maximum Gasteiger partial charge on any atom is 0.251 e. The highest BCUT2D eigenvalue weighted by Gasteiger charge is 2.24. The van der Waals surface area contributed by atoms with Gasteiger partial charge in [0.2, 0.25) is 5.91 Å². The van der Waals surface area contributed by atoms with Crippen molar-refractivity contribution >= 4 is 11.6 Å². The van der Waals surface area contributed by atoms with Crippen molar-refractivity contribution in [1.82, 2.24) is 4.57 Å². The number of amides is 1. The van der Waals surface area contributed by atoms with Crippen LogP contribution in [0.25, 0.3) is 0 Å². The van der Waals surface area contributed by atoms with Crippen LogP contribution in [0.3, 0.4) is 0 Å². The molecule has 5 nitrogen and oxygen atoms in total. The van der Waals surface area contributed by atoms with Crippen LogP contribution >= 0.6 is 0 Å². The number of benzene rings is 1. The van der Waals surface area contributed by atoms with Crippen LogP contribution in [0.4, 0.5) is 5.69 Å². The van der Waals surface area contributed by atoms with Crippen molar-refractivity contribution in [2.45, 2.75) is 33.4 Å². The molecular formula is C18H23N3O2. The van der Waals surface area contributed by atoms with Crippen molar-refractivity contribution in [2.24, 2.45) is 11.7 Å². The quantitative estimate of drug-likeness (QED) is 0.890. The van der Waals surface area contributed by atoms with Crippen molar-refractivity contribution < 1.29 is 4.79 Å². The first-order valence-electron chi connectivity index (χ1n) is 7.71. The Hall–Kier alpha value is -2.40. The van der Waals surface area contributed by atoms with E-state index < -0.39 is 6.04 Å². The molecule has 3 N–H and O–H groups in total. The molecule has 23 heavy (non-hydrogen) atoms. The molecule has 0 aliphatic rings. The third-order valence-corrected chi connectivity index (χ3v) is 3.76. The van der Waals surface area contributed by atoms with Gasteiger partial charge in [-0.2, -0.15) is 0 Å². The summed E-state index contributed by atoms with van der Waals surface area (Å²) in [4.78, 5) is 24.8. The fourth-order valence-corrected chi connectivity index (χ4v) is 2.51. The van der Waals surface area contributed by atoms with Crippen molar-refractivity contribution in [3.63, 3.8) is 0 Å². The highest BCUT2D eigenvalue weighted by atomic mass is 16.2. The molecule has 0 saturated heterocycles. The zero-order valence-corrected chi connectivity index (χ0v) is 13.7. The summed E-state index contributed by atoms with van der Waals surface area (Å²) in [5, 5.41) is 2.88. The molecule has 0 radical (unpaired) electrons. The third-order valence-electron chi connectivity index (χ3n) is 3.76. The van der Waals surface area contributed by atoms with Crippen LogP contribution in [-0.4, -0.2) is 10.5 Å². The van der Waals surface area contributed by atoms with Gasteiger partial charge in [0, 0.05) is 24.5 Å². The Balaban J connectivity index is 2.26. The Morgan fingerprint density at radius 3 is 2.39 bits per heavy atom. The van der Waals surface area contributed by atoms with Crippen molar-refractivity contribution in [3.8, 4) is 0 Å². The Bertz CT molecular complexity index is 733. The van der Waals surface area contributed by atoms with E-state index in [-0.39, 0.29) is 17.4 Å². The number of hydrogen-bond donors (Lipinski definition) is 2. The number of nitrogens with zero attached hydrogens (tertiary/aromatic N) is 1. The Labute approximate surface area is 136 Å². The fourth-order valence-electron chi connectivity index (χ4n) is 2.51. The highest BCUT2D eigenvalue weighted by molar-refractivity contribution is 5.93. The van der Waals surface area contributed by atoms with Crippen LogP contribution < -0.4 is 16.6 Å². The predicted octanol–water partition coefficient (Wildman–Crippen LogP) is 2.45. The molecule has 0 bridgehead atoms. The number of pyridine rings is 1. The van der Waals surface area contributed by atoms with Gasteiger partial charge < -0.3 is 15.6 Å². The first-order chi connectivity index (χ1) is 10.9. The number of aromatic nitrogens is 1. The fraction of sp³-hybridized carbons (Fsp3) is 0.333. The van der Waals surface area contributed by atoms with Crippen molar-refractivity contribution in [3.05, 3.63) is 64.1 Å². The molecule has 1 heterocycles. The van der Waals surface area contributed by atoms with Gasteiger partial charge >= 0.3 is 0 Å². The molecule has 122 valence electrons. The zero-order chi connectivity index (χ0) is 17.0. The molecule has 2 aromatic rings. The van der Waals surface area contributed by atoms with E-state index in [1.165, 1.54) is 4.57 Å². The Kier molecular flexibility index (Phi) is 5.34. The van der Waals surface area contributed by atoms with Crippen LogP contribution in [0.2, 0.25) is 0 Å². The highest BCUT2D eigenvalue weighted by Crippen LogP contribution is 2.19. The molecule has 0 spiro atoms. The number of aryl methyl sites for hydroxylation is 1. The van der Waals surface area contributed by atoms with Crippen LogP contribution in [0.5, 0.6) is 0 Å². The number of nitrogens with one attached hydrogen (secondary N) is 1. The Morgan fingerprint density at radius 1 is 1.22 bits per heavy atom. The summed E-state index contributed by atoms with van der Waals surface area (Å²) in [5.74, 6) is -0.217. The van der Waals surface area contributed by atoms with E-state index in [9.17, 15) is 9.59 Å². The lowest BCUT2D eigenvalue weighted by Crippen LogP contribution is -2.36. The van der Waals surface area contributed by atoms with Gasteiger partial charge in [-0.3, -0.25) is 9.59 Å². The normalized spacial score (nSPS) is 12.2. The van der Waals surface area contributed by atoms with E-state index in [4.69, 9.17) is 5.73 Å². The molecule has 1 aromatic heterocycles. The minimum atomic E-state index is -0.558. The topological polar surface area (TPSA) is 77.1 Å². The van der Waals surface area contributed by atoms with Crippen LogP contribution in [-0.2, 0) is 11.3 Å². The van der Waals surface area contributed by atoms with Crippen LogP contribution in [0.1, 0.15) is 31.0 Å². The molecule has 1 amide bonds. The van der Waals surface area contributed by atoms with E-state index in [0.29, 0.717) is 12.2 Å². The van der Waals surface area contributed by atoms with E-state index in [2.05, 4.69) is 5.32 Å². The maximum absolute atomic E-state index is 12.7. The van der Waals surface area contributed by atoms with Crippen LogP contribution in [0, 0.1) is 12.8 Å². The number of anilines is 1. The molecule has 0 saturated carbocycles. The number of nitrogens with two attached hydrogens (primary N) is 1. The van der Waals surface area contributed by atoms with Crippen LogP contribution in [0.15, 0.2) is 47.4 Å². The second-order valence-corrected chi connectivity index (χ2v) is 6.03. The average Bonchev–Trinajstić information content (AvgIpc) is 2.50. The summed E-state index contributed by atoms with van der Waals surface area (Å²) in [7, 11) is 0. The zero-order valence-electron chi connectivity index (χ0n) is 13.7. The lowest BCUT2D eigenvalue weighted by Gasteiger charge is -2.23. The molecule has 1 atom stereocenters. The summed E-state index contributed by atoms with van der Waals surface area (Å²) in [5.41, 5.74) is 7.97. The molecule has 0 aliphatic carbocycles. The van der Waals surface area contributed by atoms with Crippen molar-refractivity contribution in [1.29, 1.82) is 0 Å². The van der Waals surface area contributed by atoms with Gasteiger partial charge in [-0.25, -0.2) is 0 Å². The number of carbonyl (C=O) groups excluding carboxylic acids is 1. The number of rotatable bonds is 5. The second kappa shape index (κ2) is 7.24. The largest absolute Gasteiger partial charge is 0.326 e. The van der Waals surface area contributed by atoms with Gasteiger partial charge in [0.25, 0.3) is 5.56 Å². The van der Waals surface area contributed by atoms with Gasteiger partial charge in [0.05, 0.1) is 0 Å². The SMILES string of the molecule is Cc1ccn(C(C(=O)Nc2ccc(CN)cc2)C(C)C)c(=O)c1. The number of hydrogen-bond acceptors (Lipinski definition) is 3. The molecular weight excluding hydrogens is 290 g/mol. The first-order valence-corrected chi connectivity index (χ1v) is 7.71. The lowest BCUT2D eigenvalue weighted by atomic mass is 10.0. The van der Waals surface area contributed by atoms with E-state index in [0.717, 1.165) is 11.1 Å². The van der Waals surface area contributed by atoms with Gasteiger partial charge in [-0.15, -0.1) is 0 Å². The standard InChI is InChI=1S/C18H23N3O2/c1-12(2)17(21-9-8-13(3)10-16(21)22)18(23)20-15-6-4-14(11-19)5-7-15/h4-10,12,17H,11,19H2,1-3H3,(H,20,23). The van der Waals surface area contributed by atoms with E-state index >= 15 is 0 Å². The molecule has 1 aromatic carbocycles. The van der Waals surface area contributed by atoms with Gasteiger partial charge in [-0.05, 0) is 42.2 Å². The average molecular weight is 313 g/mol. The lowest BCUT2D eigenvalue weighted by molar-refractivity contribution is -0.120. The summed E-state index contributed by atoms with van der Waals surface area (Å²) in [6, 6.07) is 10.2. The monoisotopic (exact) mass is 313 g/mol. The van der Waals surface area contributed by atoms with E-state index in [1.54, 1.807) is 12.3 Å². The molecule has 2 rings (SSSR count). The van der Waals surface area contributed by atoms with E-state index in [1.807, 2.05) is 51.1 Å². The summed E-state index contributed by atoms with van der Waals surface area (Å²) in [6.45, 7) is 6.17. The first kappa shape index (κ1) is 17.0. The number of carbonyl (C=O) groups is 1. The van der Waals surface area contributed by atoms with Crippen molar-refractivity contribution in [2.75, 3.05) is 5.32 Å². The minimum Gasteiger partial charge on any atom is -0.326 e. The summed E-state index contributed by atoms with van der Waals surface area (Å²) >= 11 is 0. The summed E-state index contributed by atoms with van der Waals surface area (Å²) < 4.78 is 1.49.